The van der Waals surface area contributed by atoms with E-state index in [1.165, 1.54) is 6.42 Å². The second-order valence-electron chi connectivity index (χ2n) is 3.81. The van der Waals surface area contributed by atoms with Crippen LogP contribution in [0, 0.1) is 17.2 Å². The number of ether oxygens (including phenoxy) is 1. The molecule has 1 aliphatic rings. The molecule has 0 amide bonds. The summed E-state index contributed by atoms with van der Waals surface area (Å²) >= 11 is 0. The van der Waals surface area contributed by atoms with Crippen molar-refractivity contribution in [3.05, 3.63) is 29.8 Å². The highest BCUT2D eigenvalue weighted by Crippen LogP contribution is 2.15. The number of rotatable bonds is 3. The number of nitriles is 1. The van der Waals surface area contributed by atoms with Crippen molar-refractivity contribution in [2.24, 2.45) is 5.92 Å². The standard InChI is InChI=1S/C12H14N2O/c13-7-10-2-1-3-12(6-10)15-9-11-4-5-14-8-11/h1-3,6,11,14H,4-5,8-9H2. The highest BCUT2D eigenvalue weighted by molar-refractivity contribution is 5.36. The van der Waals surface area contributed by atoms with E-state index in [4.69, 9.17) is 10.00 Å². The fourth-order valence-electron chi connectivity index (χ4n) is 1.73. The van der Waals surface area contributed by atoms with Gasteiger partial charge in [0.15, 0.2) is 0 Å². The molecule has 1 N–H and O–H groups in total. The highest BCUT2D eigenvalue weighted by Gasteiger charge is 2.14. The first kappa shape index (κ1) is 10.0. The molecule has 0 saturated carbocycles. The summed E-state index contributed by atoms with van der Waals surface area (Å²) in [4.78, 5) is 0. The molecule has 15 heavy (non-hydrogen) atoms. The van der Waals surface area contributed by atoms with Crippen LogP contribution in [0.25, 0.3) is 0 Å². The Balaban J connectivity index is 1.90. The molecule has 0 aliphatic carbocycles. The number of nitrogens with one attached hydrogen (secondary N) is 1. The fraction of sp³-hybridized carbons (Fsp3) is 0.417. The summed E-state index contributed by atoms with van der Waals surface area (Å²) in [6.07, 6.45) is 1.18. The van der Waals surface area contributed by atoms with E-state index in [-0.39, 0.29) is 0 Å². The van der Waals surface area contributed by atoms with Crippen LogP contribution in [0.4, 0.5) is 0 Å². The summed E-state index contributed by atoms with van der Waals surface area (Å²) < 4.78 is 5.64. The van der Waals surface area contributed by atoms with Crippen molar-refractivity contribution in [3.63, 3.8) is 0 Å². The minimum Gasteiger partial charge on any atom is -0.493 e. The second-order valence-corrected chi connectivity index (χ2v) is 3.81. The van der Waals surface area contributed by atoms with E-state index in [9.17, 15) is 0 Å². The van der Waals surface area contributed by atoms with Crippen LogP contribution in [0.5, 0.6) is 5.75 Å². The molecule has 0 bridgehead atoms. The average Bonchev–Trinajstić information content (AvgIpc) is 2.79. The van der Waals surface area contributed by atoms with Crippen LogP contribution < -0.4 is 10.1 Å². The highest BCUT2D eigenvalue weighted by atomic mass is 16.5. The second kappa shape index (κ2) is 4.81. The third-order valence-corrected chi connectivity index (χ3v) is 2.61. The first-order chi connectivity index (χ1) is 7.38. The lowest BCUT2D eigenvalue weighted by atomic mass is 10.1. The van der Waals surface area contributed by atoms with Crippen molar-refractivity contribution in [1.82, 2.24) is 5.32 Å². The molecule has 1 aromatic carbocycles. The zero-order valence-corrected chi connectivity index (χ0v) is 8.57. The maximum atomic E-state index is 8.73. The van der Waals surface area contributed by atoms with Gasteiger partial charge in [-0.05, 0) is 31.2 Å². The average molecular weight is 202 g/mol. The van der Waals surface area contributed by atoms with Crippen LogP contribution in [-0.2, 0) is 0 Å². The number of nitrogens with zero attached hydrogens (tertiary/aromatic N) is 1. The van der Waals surface area contributed by atoms with Crippen LogP contribution in [0.1, 0.15) is 12.0 Å². The van der Waals surface area contributed by atoms with E-state index in [1.54, 1.807) is 12.1 Å². The van der Waals surface area contributed by atoms with Crippen LogP contribution in [0.15, 0.2) is 24.3 Å². The van der Waals surface area contributed by atoms with Crippen molar-refractivity contribution in [3.8, 4) is 11.8 Å². The molecule has 1 atom stereocenters. The Hall–Kier alpha value is -1.53. The van der Waals surface area contributed by atoms with Crippen molar-refractivity contribution in [1.29, 1.82) is 5.26 Å². The topological polar surface area (TPSA) is 45.0 Å². The normalized spacial score (nSPS) is 19.8. The molecule has 1 heterocycles. The molecule has 1 aliphatic heterocycles. The van der Waals surface area contributed by atoms with Crippen molar-refractivity contribution in [2.45, 2.75) is 6.42 Å². The van der Waals surface area contributed by atoms with Gasteiger partial charge in [0.05, 0.1) is 18.2 Å². The molecule has 2 rings (SSSR count). The Morgan fingerprint density at radius 1 is 1.53 bits per heavy atom. The molecule has 1 aromatic rings. The third-order valence-electron chi connectivity index (χ3n) is 2.61. The number of hydrogen-bond donors (Lipinski definition) is 1. The molecular formula is C12H14N2O. The largest absolute Gasteiger partial charge is 0.493 e. The van der Waals surface area contributed by atoms with Gasteiger partial charge in [0.2, 0.25) is 0 Å². The van der Waals surface area contributed by atoms with E-state index >= 15 is 0 Å². The van der Waals surface area contributed by atoms with Crippen LogP contribution in [-0.4, -0.2) is 19.7 Å². The molecular weight excluding hydrogens is 188 g/mol. The summed E-state index contributed by atoms with van der Waals surface area (Å²) in [6.45, 7) is 2.87. The van der Waals surface area contributed by atoms with Gasteiger partial charge < -0.3 is 10.1 Å². The minimum atomic E-state index is 0.607. The molecule has 0 aromatic heterocycles. The molecule has 78 valence electrons. The maximum absolute atomic E-state index is 8.73. The van der Waals surface area contributed by atoms with E-state index in [0.29, 0.717) is 11.5 Å². The molecule has 0 radical (unpaired) electrons. The van der Waals surface area contributed by atoms with Crippen molar-refractivity contribution in [2.75, 3.05) is 19.7 Å². The van der Waals surface area contributed by atoms with Gasteiger partial charge in [-0.25, -0.2) is 0 Å². The predicted molar refractivity (Wildman–Crippen MR) is 57.6 cm³/mol. The number of benzene rings is 1. The summed E-state index contributed by atoms with van der Waals surface area (Å²) in [5.41, 5.74) is 0.650. The Morgan fingerprint density at radius 3 is 3.20 bits per heavy atom. The first-order valence-corrected chi connectivity index (χ1v) is 5.22. The van der Waals surface area contributed by atoms with Gasteiger partial charge in [-0.2, -0.15) is 5.26 Å². The van der Waals surface area contributed by atoms with Gasteiger partial charge in [-0.15, -0.1) is 0 Å². The van der Waals surface area contributed by atoms with Gasteiger partial charge in [0.1, 0.15) is 5.75 Å². The first-order valence-electron chi connectivity index (χ1n) is 5.22. The van der Waals surface area contributed by atoms with Crippen LogP contribution >= 0.6 is 0 Å². The SMILES string of the molecule is N#Cc1cccc(OCC2CCNC2)c1. The molecule has 0 spiro atoms. The Labute approximate surface area is 89.7 Å². The van der Waals surface area contributed by atoms with Gasteiger partial charge in [-0.3, -0.25) is 0 Å². The minimum absolute atomic E-state index is 0.607. The predicted octanol–water partition coefficient (Wildman–Crippen LogP) is 1.55. The Morgan fingerprint density at radius 2 is 2.47 bits per heavy atom. The lowest BCUT2D eigenvalue weighted by Gasteiger charge is -2.10. The fourth-order valence-corrected chi connectivity index (χ4v) is 1.73. The van der Waals surface area contributed by atoms with Gasteiger partial charge in [-0.1, -0.05) is 6.07 Å². The van der Waals surface area contributed by atoms with Gasteiger partial charge in [0.25, 0.3) is 0 Å². The summed E-state index contributed by atoms with van der Waals surface area (Å²) in [5, 5.41) is 12.0. The molecule has 1 unspecified atom stereocenters. The molecule has 3 heteroatoms. The van der Waals surface area contributed by atoms with Crippen LogP contribution in [0.2, 0.25) is 0 Å². The summed E-state index contributed by atoms with van der Waals surface area (Å²) in [6, 6.07) is 9.40. The lowest BCUT2D eigenvalue weighted by molar-refractivity contribution is 0.260. The zero-order chi connectivity index (χ0) is 10.5. The maximum Gasteiger partial charge on any atom is 0.120 e. The van der Waals surface area contributed by atoms with E-state index in [0.717, 1.165) is 25.4 Å². The van der Waals surface area contributed by atoms with E-state index < -0.39 is 0 Å². The summed E-state index contributed by atoms with van der Waals surface area (Å²) in [5.74, 6) is 1.40. The third kappa shape index (κ3) is 2.71. The Bertz CT molecular complexity index is 364. The molecule has 3 nitrogen and oxygen atoms in total. The molecule has 1 fully saturated rings. The smallest absolute Gasteiger partial charge is 0.120 e. The lowest BCUT2D eigenvalue weighted by Crippen LogP contribution is -2.15. The Kier molecular flexibility index (Phi) is 3.21. The quantitative estimate of drug-likeness (QED) is 0.808. The van der Waals surface area contributed by atoms with Crippen molar-refractivity contribution >= 4 is 0 Å². The van der Waals surface area contributed by atoms with Crippen LogP contribution in [0.3, 0.4) is 0 Å². The van der Waals surface area contributed by atoms with Crippen molar-refractivity contribution < 1.29 is 4.74 Å². The monoisotopic (exact) mass is 202 g/mol. The summed E-state index contributed by atoms with van der Waals surface area (Å²) in [7, 11) is 0. The van der Waals surface area contributed by atoms with E-state index in [2.05, 4.69) is 11.4 Å². The molecule has 1 saturated heterocycles. The zero-order valence-electron chi connectivity index (χ0n) is 8.57. The van der Waals surface area contributed by atoms with Gasteiger partial charge >= 0.3 is 0 Å². The number of hydrogen-bond acceptors (Lipinski definition) is 3. The van der Waals surface area contributed by atoms with Gasteiger partial charge in [0, 0.05) is 12.5 Å². The van der Waals surface area contributed by atoms with E-state index in [1.807, 2.05) is 12.1 Å².